The molecule has 0 aliphatic carbocycles. The van der Waals surface area contributed by atoms with E-state index in [9.17, 15) is 4.79 Å². The minimum absolute atomic E-state index is 0.136. The zero-order chi connectivity index (χ0) is 15.7. The van der Waals surface area contributed by atoms with Gasteiger partial charge in [-0.05, 0) is 18.1 Å². The zero-order valence-electron chi connectivity index (χ0n) is 14.0. The molecule has 0 saturated heterocycles. The van der Waals surface area contributed by atoms with Gasteiger partial charge in [0, 0.05) is 0 Å². The molecule has 1 unspecified atom stereocenters. The van der Waals surface area contributed by atoms with Crippen molar-refractivity contribution in [3.05, 3.63) is 42.0 Å². The van der Waals surface area contributed by atoms with Gasteiger partial charge in [-0.1, -0.05) is 62.6 Å². The first kappa shape index (κ1) is 17.6. The van der Waals surface area contributed by atoms with Gasteiger partial charge in [0.1, 0.15) is 0 Å². The molecule has 1 aromatic rings. The molecular weight excluding hydrogens is 258 g/mol. The van der Waals surface area contributed by atoms with E-state index in [1.807, 2.05) is 36.4 Å². The number of benzene rings is 1. The van der Waals surface area contributed by atoms with Crippen molar-refractivity contribution in [1.29, 1.82) is 0 Å². The number of rotatable bonds is 9. The van der Waals surface area contributed by atoms with Crippen LogP contribution in [0.15, 0.2) is 36.4 Å². The summed E-state index contributed by atoms with van der Waals surface area (Å²) in [6.07, 6.45) is 8.26. The third-order valence-corrected chi connectivity index (χ3v) is 3.57. The average molecular weight is 288 g/mol. The van der Waals surface area contributed by atoms with Crippen LogP contribution in [0.3, 0.4) is 0 Å². The average Bonchev–Trinajstić information content (AvgIpc) is 2.44. The summed E-state index contributed by atoms with van der Waals surface area (Å²) in [5.74, 6) is 0.402. The van der Waals surface area contributed by atoms with Gasteiger partial charge in [-0.3, -0.25) is 4.79 Å². The van der Waals surface area contributed by atoms with Crippen molar-refractivity contribution in [3.63, 3.8) is 0 Å². The Balaban J connectivity index is 2.67. The molecule has 0 saturated carbocycles. The number of hydrogen-bond donors (Lipinski definition) is 0. The quantitative estimate of drug-likeness (QED) is 0.378. The van der Waals surface area contributed by atoms with Gasteiger partial charge in [-0.2, -0.15) is 0 Å². The number of allylic oxidation sites excluding steroid dienone is 1. The maximum Gasteiger partial charge on any atom is 0.164 e. The van der Waals surface area contributed by atoms with Crippen LogP contribution in [0, 0.1) is 5.92 Å². The van der Waals surface area contributed by atoms with Crippen molar-refractivity contribution in [2.45, 2.75) is 32.6 Å². The van der Waals surface area contributed by atoms with E-state index >= 15 is 0 Å². The number of unbranched alkanes of at least 4 members (excludes halogenated alkanes) is 2. The van der Waals surface area contributed by atoms with Gasteiger partial charge in [0.25, 0.3) is 0 Å². The van der Waals surface area contributed by atoms with Gasteiger partial charge < -0.3 is 4.48 Å². The normalized spacial score (nSPS) is 13.5. The summed E-state index contributed by atoms with van der Waals surface area (Å²) in [5, 5.41) is 0. The molecule has 0 aliphatic heterocycles. The first-order chi connectivity index (χ1) is 9.92. The van der Waals surface area contributed by atoms with Crippen molar-refractivity contribution in [1.82, 2.24) is 0 Å². The van der Waals surface area contributed by atoms with Gasteiger partial charge in [0.05, 0.1) is 33.6 Å². The second-order valence-corrected chi connectivity index (χ2v) is 6.81. The lowest BCUT2D eigenvalue weighted by Gasteiger charge is -2.28. The number of quaternary nitrogens is 1. The number of hydrogen-bond acceptors (Lipinski definition) is 1. The smallest absolute Gasteiger partial charge is 0.164 e. The lowest BCUT2D eigenvalue weighted by Crippen LogP contribution is -2.41. The van der Waals surface area contributed by atoms with Crippen LogP contribution in [-0.4, -0.2) is 38.0 Å². The molecule has 0 heterocycles. The summed E-state index contributed by atoms with van der Waals surface area (Å²) in [4.78, 5) is 12.5. The molecule has 0 fully saturated rings. The number of nitrogens with zero attached hydrogens (tertiary/aromatic N) is 1. The molecule has 1 aromatic carbocycles. The molecule has 2 nitrogen and oxygen atoms in total. The number of ketones is 1. The molecule has 0 aromatic heterocycles. The Labute approximate surface area is 130 Å². The molecule has 0 radical (unpaired) electrons. The molecule has 0 spiro atoms. The third kappa shape index (κ3) is 7.81. The second kappa shape index (κ2) is 8.78. The Bertz CT molecular complexity index is 442. The molecule has 116 valence electrons. The highest BCUT2D eigenvalue weighted by atomic mass is 16.1. The summed E-state index contributed by atoms with van der Waals surface area (Å²) in [7, 11) is 6.46. The highest BCUT2D eigenvalue weighted by Gasteiger charge is 2.22. The molecule has 0 aliphatic rings. The highest BCUT2D eigenvalue weighted by molar-refractivity contribution is 5.95. The van der Waals surface area contributed by atoms with Crippen LogP contribution in [0.5, 0.6) is 0 Å². The van der Waals surface area contributed by atoms with E-state index in [2.05, 4.69) is 28.1 Å². The fraction of sp³-hybridized carbons (Fsp3) is 0.526. The summed E-state index contributed by atoms with van der Waals surface area (Å²) < 4.78 is 0.835. The molecular formula is C19H30NO+. The molecule has 21 heavy (non-hydrogen) atoms. The van der Waals surface area contributed by atoms with Crippen molar-refractivity contribution in [2.75, 3.05) is 27.7 Å². The van der Waals surface area contributed by atoms with E-state index in [4.69, 9.17) is 0 Å². The fourth-order valence-corrected chi connectivity index (χ4v) is 2.50. The van der Waals surface area contributed by atoms with Crippen LogP contribution in [0.1, 0.15) is 38.2 Å². The predicted molar refractivity (Wildman–Crippen MR) is 91.0 cm³/mol. The van der Waals surface area contributed by atoms with E-state index in [0.29, 0.717) is 0 Å². The van der Waals surface area contributed by atoms with Crippen LogP contribution in [-0.2, 0) is 4.79 Å². The molecule has 0 bridgehead atoms. The number of carbonyl (C=O) groups is 1. The Morgan fingerprint density at radius 1 is 1.14 bits per heavy atom. The Hall–Kier alpha value is -1.41. The maximum atomic E-state index is 12.5. The minimum Gasteiger partial charge on any atom is -0.330 e. The Kier molecular flexibility index (Phi) is 7.38. The third-order valence-electron chi connectivity index (χ3n) is 3.57. The van der Waals surface area contributed by atoms with E-state index in [-0.39, 0.29) is 11.7 Å². The largest absolute Gasteiger partial charge is 0.330 e. The summed E-state index contributed by atoms with van der Waals surface area (Å²) >= 11 is 0. The summed E-state index contributed by atoms with van der Waals surface area (Å²) in [6, 6.07) is 10.0. The lowest BCUT2D eigenvalue weighted by molar-refractivity contribution is -0.872. The topological polar surface area (TPSA) is 17.1 Å². The molecule has 1 rings (SSSR count). The van der Waals surface area contributed by atoms with Gasteiger partial charge in [0.15, 0.2) is 5.78 Å². The minimum atomic E-state index is 0.136. The first-order valence-corrected chi connectivity index (χ1v) is 8.00. The summed E-state index contributed by atoms with van der Waals surface area (Å²) in [5.41, 5.74) is 1.09. The van der Waals surface area contributed by atoms with E-state index in [0.717, 1.165) is 29.4 Å². The standard InChI is InChI=1S/C19H30NO/c1-5-6-8-13-18(16-20(2,3)4)19(21)15-14-17-11-9-7-10-12-17/h7,9-12,14-15,18H,5-6,8,13,16H2,1-4H3/q+1/b15-14+. The second-order valence-electron chi connectivity index (χ2n) is 6.81. The Morgan fingerprint density at radius 2 is 1.81 bits per heavy atom. The monoisotopic (exact) mass is 288 g/mol. The Morgan fingerprint density at radius 3 is 2.38 bits per heavy atom. The van der Waals surface area contributed by atoms with Gasteiger partial charge in [-0.15, -0.1) is 0 Å². The zero-order valence-corrected chi connectivity index (χ0v) is 14.0. The van der Waals surface area contributed by atoms with Crippen molar-refractivity contribution < 1.29 is 9.28 Å². The van der Waals surface area contributed by atoms with Crippen LogP contribution in [0.2, 0.25) is 0 Å². The maximum absolute atomic E-state index is 12.5. The molecule has 1 atom stereocenters. The predicted octanol–water partition coefficient (Wildman–Crippen LogP) is 4.17. The van der Waals surface area contributed by atoms with Crippen molar-refractivity contribution in [2.24, 2.45) is 5.92 Å². The molecule has 0 amide bonds. The summed E-state index contributed by atoms with van der Waals surface area (Å²) in [6.45, 7) is 3.10. The van der Waals surface area contributed by atoms with Crippen molar-refractivity contribution in [3.8, 4) is 0 Å². The molecule has 0 N–H and O–H groups in total. The first-order valence-electron chi connectivity index (χ1n) is 8.00. The fourth-order valence-electron chi connectivity index (χ4n) is 2.50. The highest BCUT2D eigenvalue weighted by Crippen LogP contribution is 2.16. The van der Waals surface area contributed by atoms with Gasteiger partial charge in [-0.25, -0.2) is 0 Å². The van der Waals surface area contributed by atoms with Crippen LogP contribution < -0.4 is 0 Å². The van der Waals surface area contributed by atoms with Gasteiger partial charge in [0.2, 0.25) is 0 Å². The molecule has 2 heteroatoms. The van der Waals surface area contributed by atoms with Crippen LogP contribution in [0.4, 0.5) is 0 Å². The van der Waals surface area contributed by atoms with Crippen LogP contribution >= 0.6 is 0 Å². The van der Waals surface area contributed by atoms with Crippen molar-refractivity contribution >= 4 is 11.9 Å². The number of carbonyl (C=O) groups excluding carboxylic acids is 1. The SMILES string of the molecule is CCCCCC(C[N+](C)(C)C)C(=O)/C=C/c1ccccc1. The van der Waals surface area contributed by atoms with E-state index in [1.54, 1.807) is 6.08 Å². The van der Waals surface area contributed by atoms with E-state index < -0.39 is 0 Å². The lowest BCUT2D eigenvalue weighted by atomic mass is 9.95. The van der Waals surface area contributed by atoms with E-state index in [1.165, 1.54) is 12.8 Å². The van der Waals surface area contributed by atoms with Crippen LogP contribution in [0.25, 0.3) is 6.08 Å². The van der Waals surface area contributed by atoms with Gasteiger partial charge >= 0.3 is 0 Å².